The van der Waals surface area contributed by atoms with Crippen molar-refractivity contribution in [2.24, 2.45) is 5.73 Å². The van der Waals surface area contributed by atoms with Crippen LogP contribution >= 0.6 is 12.4 Å². The minimum Gasteiger partial charge on any atom is -0.491 e. The van der Waals surface area contributed by atoms with Crippen molar-refractivity contribution in [1.82, 2.24) is 4.90 Å². The van der Waals surface area contributed by atoms with Gasteiger partial charge in [0.05, 0.1) is 6.61 Å². The number of rotatable bonds is 7. The monoisotopic (exact) mass is 362 g/mol. The van der Waals surface area contributed by atoms with Gasteiger partial charge in [0.25, 0.3) is 0 Å². The van der Waals surface area contributed by atoms with Crippen LogP contribution in [0.4, 0.5) is 0 Å². The van der Waals surface area contributed by atoms with E-state index in [1.54, 1.807) is 7.11 Å². The molecule has 0 amide bonds. The minimum absolute atomic E-state index is 0. The third-order valence-corrected chi connectivity index (χ3v) is 4.58. The molecule has 0 aromatic heterocycles. The van der Waals surface area contributed by atoms with Crippen molar-refractivity contribution in [2.75, 3.05) is 33.4 Å². The SMILES string of the molecule is COCCOc1ccccc1CN1C[C@@H](N)[C@H](c2ccccc2)C1.Cl. The van der Waals surface area contributed by atoms with Crippen molar-refractivity contribution in [3.05, 3.63) is 65.7 Å². The fraction of sp³-hybridized carbons (Fsp3) is 0.400. The quantitative estimate of drug-likeness (QED) is 0.769. The maximum absolute atomic E-state index is 6.40. The number of likely N-dealkylation sites (tertiary alicyclic amines) is 1. The zero-order chi connectivity index (χ0) is 16.8. The summed E-state index contributed by atoms with van der Waals surface area (Å²) < 4.78 is 10.9. The molecule has 1 saturated heterocycles. The lowest BCUT2D eigenvalue weighted by Crippen LogP contribution is -2.28. The highest BCUT2D eigenvalue weighted by atomic mass is 35.5. The molecule has 136 valence electrons. The summed E-state index contributed by atoms with van der Waals surface area (Å²) >= 11 is 0. The van der Waals surface area contributed by atoms with Gasteiger partial charge >= 0.3 is 0 Å². The maximum Gasteiger partial charge on any atom is 0.123 e. The predicted molar refractivity (Wildman–Crippen MR) is 103 cm³/mol. The first-order valence-electron chi connectivity index (χ1n) is 8.50. The summed E-state index contributed by atoms with van der Waals surface area (Å²) in [6.07, 6.45) is 0. The first-order valence-corrected chi connectivity index (χ1v) is 8.50. The Morgan fingerprint density at radius 3 is 2.48 bits per heavy atom. The van der Waals surface area contributed by atoms with Crippen molar-refractivity contribution < 1.29 is 9.47 Å². The molecule has 2 atom stereocenters. The number of nitrogens with two attached hydrogens (primary N) is 1. The van der Waals surface area contributed by atoms with E-state index < -0.39 is 0 Å². The molecule has 2 aromatic carbocycles. The molecule has 0 unspecified atom stereocenters. The van der Waals surface area contributed by atoms with E-state index in [0.717, 1.165) is 25.4 Å². The van der Waals surface area contributed by atoms with Crippen molar-refractivity contribution in [3.8, 4) is 5.75 Å². The molecule has 1 fully saturated rings. The van der Waals surface area contributed by atoms with E-state index in [1.165, 1.54) is 11.1 Å². The number of methoxy groups -OCH3 is 1. The summed E-state index contributed by atoms with van der Waals surface area (Å²) in [7, 11) is 1.69. The zero-order valence-electron chi connectivity index (χ0n) is 14.6. The Hall–Kier alpha value is -1.59. The van der Waals surface area contributed by atoms with Gasteiger partial charge in [-0.2, -0.15) is 0 Å². The fourth-order valence-electron chi connectivity index (χ4n) is 3.35. The summed E-state index contributed by atoms with van der Waals surface area (Å²) in [5, 5.41) is 0. The topological polar surface area (TPSA) is 47.7 Å². The van der Waals surface area contributed by atoms with Crippen LogP contribution in [0, 0.1) is 0 Å². The Balaban J connectivity index is 0.00000225. The van der Waals surface area contributed by atoms with E-state index in [0.29, 0.717) is 19.1 Å². The van der Waals surface area contributed by atoms with Crippen LogP contribution in [0.5, 0.6) is 5.75 Å². The van der Waals surface area contributed by atoms with Crippen LogP contribution in [-0.4, -0.2) is 44.4 Å². The van der Waals surface area contributed by atoms with Gasteiger partial charge in [-0.3, -0.25) is 4.90 Å². The number of halogens is 1. The molecule has 0 saturated carbocycles. The van der Waals surface area contributed by atoms with Gasteiger partial charge in [-0.15, -0.1) is 12.4 Å². The van der Waals surface area contributed by atoms with Crippen LogP contribution in [0.25, 0.3) is 0 Å². The number of ether oxygens (including phenoxy) is 2. The molecule has 0 bridgehead atoms. The Morgan fingerprint density at radius 2 is 1.72 bits per heavy atom. The second-order valence-corrected chi connectivity index (χ2v) is 6.32. The smallest absolute Gasteiger partial charge is 0.123 e. The summed E-state index contributed by atoms with van der Waals surface area (Å²) in [6, 6.07) is 19.0. The lowest BCUT2D eigenvalue weighted by molar-refractivity contribution is 0.145. The summed E-state index contributed by atoms with van der Waals surface area (Å²) in [6.45, 7) is 3.92. The van der Waals surface area contributed by atoms with Gasteiger partial charge in [0.2, 0.25) is 0 Å². The van der Waals surface area contributed by atoms with Crippen molar-refractivity contribution in [3.63, 3.8) is 0 Å². The minimum atomic E-state index is 0. The lowest BCUT2D eigenvalue weighted by Gasteiger charge is -2.18. The van der Waals surface area contributed by atoms with Crippen molar-refractivity contribution >= 4 is 12.4 Å². The molecule has 0 aliphatic carbocycles. The molecule has 1 aliphatic rings. The third kappa shape index (κ3) is 5.19. The standard InChI is InChI=1S/C20H26N2O2.ClH/c1-23-11-12-24-20-10-6-5-9-17(20)13-22-14-18(19(21)15-22)16-7-3-2-4-8-16;/h2-10,18-19H,11-15,21H2,1H3;1H/t18-,19+;/m0./s1. The zero-order valence-corrected chi connectivity index (χ0v) is 15.5. The maximum atomic E-state index is 6.40. The first kappa shape index (κ1) is 19.7. The fourth-order valence-corrected chi connectivity index (χ4v) is 3.35. The highest BCUT2D eigenvalue weighted by Crippen LogP contribution is 2.29. The number of hydrogen-bond acceptors (Lipinski definition) is 4. The van der Waals surface area contributed by atoms with Crippen LogP contribution in [0.3, 0.4) is 0 Å². The van der Waals surface area contributed by atoms with Crippen LogP contribution in [-0.2, 0) is 11.3 Å². The van der Waals surface area contributed by atoms with Gasteiger partial charge in [0.15, 0.2) is 0 Å². The van der Waals surface area contributed by atoms with E-state index in [4.69, 9.17) is 15.2 Å². The highest BCUT2D eigenvalue weighted by molar-refractivity contribution is 5.85. The van der Waals surface area contributed by atoms with E-state index >= 15 is 0 Å². The van der Waals surface area contributed by atoms with E-state index in [-0.39, 0.29) is 18.4 Å². The first-order chi connectivity index (χ1) is 11.8. The highest BCUT2D eigenvalue weighted by Gasteiger charge is 2.31. The van der Waals surface area contributed by atoms with E-state index in [2.05, 4.69) is 47.4 Å². The summed E-state index contributed by atoms with van der Waals surface area (Å²) in [5.74, 6) is 1.33. The molecular formula is C20H27ClN2O2. The molecule has 3 rings (SSSR count). The summed E-state index contributed by atoms with van der Waals surface area (Å²) in [4.78, 5) is 2.42. The molecule has 1 aliphatic heterocycles. The number of benzene rings is 2. The van der Waals surface area contributed by atoms with Crippen molar-refractivity contribution in [1.29, 1.82) is 0 Å². The molecule has 0 radical (unpaired) electrons. The van der Waals surface area contributed by atoms with E-state index in [1.807, 2.05) is 12.1 Å². The molecule has 2 aromatic rings. The largest absolute Gasteiger partial charge is 0.491 e. The average molecular weight is 363 g/mol. The normalized spacial score (nSPS) is 20.2. The van der Waals surface area contributed by atoms with E-state index in [9.17, 15) is 0 Å². The van der Waals surface area contributed by atoms with Gasteiger partial charge in [-0.25, -0.2) is 0 Å². The van der Waals surface area contributed by atoms with Crippen LogP contribution in [0.15, 0.2) is 54.6 Å². The third-order valence-electron chi connectivity index (χ3n) is 4.58. The van der Waals surface area contributed by atoms with Gasteiger partial charge in [0.1, 0.15) is 12.4 Å². The molecule has 2 N–H and O–H groups in total. The lowest BCUT2D eigenvalue weighted by atomic mass is 9.95. The van der Waals surface area contributed by atoms with Gasteiger partial charge in [0, 0.05) is 44.3 Å². The van der Waals surface area contributed by atoms with Crippen LogP contribution in [0.2, 0.25) is 0 Å². The Bertz CT molecular complexity index is 639. The Labute approximate surface area is 156 Å². The second kappa shape index (κ2) is 9.78. The second-order valence-electron chi connectivity index (χ2n) is 6.32. The number of nitrogens with zero attached hydrogens (tertiary/aromatic N) is 1. The molecule has 5 heteroatoms. The Kier molecular flexibility index (Phi) is 7.72. The molecule has 1 heterocycles. The average Bonchev–Trinajstić information content (AvgIpc) is 2.98. The molecule has 0 spiro atoms. The molecular weight excluding hydrogens is 336 g/mol. The van der Waals surface area contributed by atoms with Crippen LogP contribution < -0.4 is 10.5 Å². The van der Waals surface area contributed by atoms with Gasteiger partial charge < -0.3 is 15.2 Å². The number of para-hydroxylation sites is 1. The summed E-state index contributed by atoms with van der Waals surface area (Å²) in [5.41, 5.74) is 8.94. The van der Waals surface area contributed by atoms with Gasteiger partial charge in [-0.1, -0.05) is 48.5 Å². The van der Waals surface area contributed by atoms with Crippen LogP contribution in [0.1, 0.15) is 17.0 Å². The predicted octanol–water partition coefficient (Wildman–Crippen LogP) is 3.06. The van der Waals surface area contributed by atoms with Crippen molar-refractivity contribution in [2.45, 2.75) is 18.5 Å². The number of hydrogen-bond donors (Lipinski definition) is 1. The molecule has 25 heavy (non-hydrogen) atoms. The van der Waals surface area contributed by atoms with Gasteiger partial charge in [-0.05, 0) is 11.6 Å². The molecule has 4 nitrogen and oxygen atoms in total. The Morgan fingerprint density at radius 1 is 1.00 bits per heavy atom.